The molecule has 1 unspecified atom stereocenters. The molecule has 0 saturated heterocycles. The summed E-state index contributed by atoms with van der Waals surface area (Å²) in [6.45, 7) is 7.67. The lowest BCUT2D eigenvalue weighted by Crippen LogP contribution is -2.46. The van der Waals surface area contributed by atoms with E-state index in [1.54, 1.807) is 0 Å². The molecule has 0 saturated carbocycles. The zero-order chi connectivity index (χ0) is 13.8. The summed E-state index contributed by atoms with van der Waals surface area (Å²) in [5.41, 5.74) is 1.86. The molecule has 0 bridgehead atoms. The van der Waals surface area contributed by atoms with Gasteiger partial charge in [0.1, 0.15) is 0 Å². The lowest BCUT2D eigenvalue weighted by molar-refractivity contribution is -0.123. The first-order valence-electron chi connectivity index (χ1n) is 6.33. The fraction of sp³-hybridized carbons (Fsp3) is 0.533. The first kappa shape index (κ1) is 14.7. The molecule has 0 radical (unpaired) electrons. The molecule has 3 heteroatoms. The van der Waals surface area contributed by atoms with Crippen LogP contribution in [0.4, 0.5) is 0 Å². The van der Waals surface area contributed by atoms with Crippen molar-refractivity contribution in [2.75, 3.05) is 6.61 Å². The monoisotopic (exact) mass is 249 g/mol. The van der Waals surface area contributed by atoms with Crippen molar-refractivity contribution in [3.63, 3.8) is 0 Å². The van der Waals surface area contributed by atoms with E-state index in [1.165, 1.54) is 11.1 Å². The molecule has 1 rings (SSSR count). The van der Waals surface area contributed by atoms with Crippen molar-refractivity contribution in [1.29, 1.82) is 0 Å². The predicted molar refractivity (Wildman–Crippen MR) is 73.5 cm³/mol. The van der Waals surface area contributed by atoms with Crippen molar-refractivity contribution < 1.29 is 9.90 Å². The van der Waals surface area contributed by atoms with Crippen LogP contribution in [0.1, 0.15) is 44.2 Å². The van der Waals surface area contributed by atoms with Gasteiger partial charge in [0.2, 0.25) is 5.91 Å². The van der Waals surface area contributed by atoms with Crippen LogP contribution in [0.15, 0.2) is 24.3 Å². The van der Waals surface area contributed by atoms with Crippen LogP contribution in [0.2, 0.25) is 0 Å². The van der Waals surface area contributed by atoms with E-state index in [9.17, 15) is 4.79 Å². The molecule has 1 amide bonds. The molecule has 100 valence electrons. The van der Waals surface area contributed by atoms with Crippen LogP contribution in [-0.2, 0) is 4.79 Å². The molecule has 1 aromatic carbocycles. The fourth-order valence-electron chi connectivity index (χ4n) is 2.00. The van der Waals surface area contributed by atoms with Crippen LogP contribution in [-0.4, -0.2) is 23.2 Å². The van der Waals surface area contributed by atoms with E-state index in [2.05, 4.69) is 24.4 Å². The topological polar surface area (TPSA) is 49.3 Å². The summed E-state index contributed by atoms with van der Waals surface area (Å²) < 4.78 is 0. The van der Waals surface area contributed by atoms with Crippen LogP contribution in [0.25, 0.3) is 0 Å². The molecule has 0 heterocycles. The van der Waals surface area contributed by atoms with Crippen LogP contribution in [0.5, 0.6) is 0 Å². The van der Waals surface area contributed by atoms with Crippen LogP contribution in [0.3, 0.4) is 0 Å². The van der Waals surface area contributed by atoms with Crippen molar-refractivity contribution in [3.8, 4) is 0 Å². The molecule has 0 aromatic heterocycles. The lowest BCUT2D eigenvalue weighted by Gasteiger charge is -2.24. The second kappa shape index (κ2) is 6.01. The summed E-state index contributed by atoms with van der Waals surface area (Å²) in [6, 6.07) is 8.11. The molecular weight excluding hydrogens is 226 g/mol. The molecule has 3 nitrogen and oxygen atoms in total. The lowest BCUT2D eigenvalue weighted by atomic mass is 9.93. The van der Waals surface area contributed by atoms with Gasteiger partial charge in [-0.15, -0.1) is 0 Å². The summed E-state index contributed by atoms with van der Waals surface area (Å²) in [6.07, 6.45) is 0.439. The van der Waals surface area contributed by atoms with Gasteiger partial charge in [0.05, 0.1) is 12.1 Å². The van der Waals surface area contributed by atoms with Gasteiger partial charge in [-0.25, -0.2) is 0 Å². The third kappa shape index (κ3) is 4.15. The Morgan fingerprint density at radius 3 is 2.56 bits per heavy atom. The summed E-state index contributed by atoms with van der Waals surface area (Å²) in [5.74, 6) is 0.158. The van der Waals surface area contributed by atoms with E-state index < -0.39 is 5.54 Å². The van der Waals surface area contributed by atoms with Gasteiger partial charge in [0.25, 0.3) is 0 Å². The van der Waals surface area contributed by atoms with Crippen molar-refractivity contribution in [2.24, 2.45) is 0 Å². The molecule has 2 N–H and O–H groups in total. The maximum Gasteiger partial charge on any atom is 0.221 e. The standard InChI is InChI=1S/C15H23NO2/c1-11-7-5-6-8-13(11)12(2)9-14(18)16-15(3,4)10-17/h5-8,12,17H,9-10H2,1-4H3,(H,16,18). The summed E-state index contributed by atoms with van der Waals surface area (Å²) in [5, 5.41) is 12.0. The van der Waals surface area contributed by atoms with Crippen LogP contribution >= 0.6 is 0 Å². The zero-order valence-electron chi connectivity index (χ0n) is 11.7. The SMILES string of the molecule is Cc1ccccc1C(C)CC(=O)NC(C)(C)CO. The average molecular weight is 249 g/mol. The molecule has 0 fully saturated rings. The first-order chi connectivity index (χ1) is 8.35. The Hall–Kier alpha value is -1.35. The minimum Gasteiger partial charge on any atom is -0.394 e. The van der Waals surface area contributed by atoms with Gasteiger partial charge in [-0.1, -0.05) is 31.2 Å². The Labute approximate surface area is 109 Å². The van der Waals surface area contributed by atoms with E-state index in [0.717, 1.165) is 0 Å². The first-order valence-corrected chi connectivity index (χ1v) is 6.33. The quantitative estimate of drug-likeness (QED) is 0.841. The zero-order valence-corrected chi connectivity index (χ0v) is 11.7. The molecule has 1 atom stereocenters. The second-order valence-electron chi connectivity index (χ2n) is 5.55. The van der Waals surface area contributed by atoms with E-state index in [1.807, 2.05) is 32.9 Å². The number of benzene rings is 1. The van der Waals surface area contributed by atoms with E-state index >= 15 is 0 Å². The second-order valence-corrected chi connectivity index (χ2v) is 5.55. The Balaban J connectivity index is 2.63. The third-order valence-electron chi connectivity index (χ3n) is 3.08. The third-order valence-corrected chi connectivity index (χ3v) is 3.08. The summed E-state index contributed by atoms with van der Waals surface area (Å²) >= 11 is 0. The number of aliphatic hydroxyl groups is 1. The Morgan fingerprint density at radius 2 is 2.00 bits per heavy atom. The summed E-state index contributed by atoms with van der Waals surface area (Å²) in [7, 11) is 0. The molecule has 0 aliphatic carbocycles. The maximum atomic E-state index is 11.9. The van der Waals surface area contributed by atoms with Crippen molar-refractivity contribution in [1.82, 2.24) is 5.32 Å². The largest absolute Gasteiger partial charge is 0.394 e. The van der Waals surface area contributed by atoms with Gasteiger partial charge in [0.15, 0.2) is 0 Å². The maximum absolute atomic E-state index is 11.9. The Kier molecular flexibility index (Phi) is 4.91. The van der Waals surface area contributed by atoms with Gasteiger partial charge < -0.3 is 10.4 Å². The number of aryl methyl sites for hydroxylation is 1. The van der Waals surface area contributed by atoms with E-state index in [4.69, 9.17) is 5.11 Å². The molecular formula is C15H23NO2. The molecule has 1 aromatic rings. The van der Waals surface area contributed by atoms with E-state index in [0.29, 0.717) is 6.42 Å². The molecule has 0 spiro atoms. The van der Waals surface area contributed by atoms with Crippen molar-refractivity contribution in [2.45, 2.75) is 45.6 Å². The Morgan fingerprint density at radius 1 is 1.39 bits per heavy atom. The number of hydrogen-bond donors (Lipinski definition) is 2. The highest BCUT2D eigenvalue weighted by Crippen LogP contribution is 2.22. The number of amides is 1. The highest BCUT2D eigenvalue weighted by atomic mass is 16.3. The number of carbonyl (C=O) groups excluding carboxylic acids is 1. The molecule has 18 heavy (non-hydrogen) atoms. The number of carbonyl (C=O) groups is 1. The predicted octanol–water partition coefficient (Wildman–Crippen LogP) is 2.38. The van der Waals surface area contributed by atoms with Gasteiger partial charge in [-0.3, -0.25) is 4.79 Å². The van der Waals surface area contributed by atoms with E-state index in [-0.39, 0.29) is 18.4 Å². The molecule has 0 aliphatic heterocycles. The highest BCUT2D eigenvalue weighted by Gasteiger charge is 2.21. The Bertz CT molecular complexity index is 413. The fourth-order valence-corrected chi connectivity index (χ4v) is 2.00. The number of rotatable bonds is 5. The minimum absolute atomic E-state index is 0.0233. The van der Waals surface area contributed by atoms with Gasteiger partial charge >= 0.3 is 0 Å². The number of nitrogens with one attached hydrogen (secondary N) is 1. The number of hydrogen-bond acceptors (Lipinski definition) is 2. The van der Waals surface area contributed by atoms with Gasteiger partial charge in [-0.2, -0.15) is 0 Å². The van der Waals surface area contributed by atoms with Crippen LogP contribution in [0, 0.1) is 6.92 Å². The van der Waals surface area contributed by atoms with Gasteiger partial charge in [0, 0.05) is 6.42 Å². The van der Waals surface area contributed by atoms with Crippen LogP contribution < -0.4 is 5.32 Å². The van der Waals surface area contributed by atoms with Crippen molar-refractivity contribution in [3.05, 3.63) is 35.4 Å². The highest BCUT2D eigenvalue weighted by molar-refractivity contribution is 5.77. The number of aliphatic hydroxyl groups excluding tert-OH is 1. The summed E-state index contributed by atoms with van der Waals surface area (Å²) in [4.78, 5) is 11.9. The average Bonchev–Trinajstić information content (AvgIpc) is 2.28. The van der Waals surface area contributed by atoms with Crippen molar-refractivity contribution >= 4 is 5.91 Å². The smallest absolute Gasteiger partial charge is 0.221 e. The minimum atomic E-state index is -0.553. The van der Waals surface area contributed by atoms with Gasteiger partial charge in [-0.05, 0) is 37.8 Å². The normalized spacial score (nSPS) is 13.2. The molecule has 0 aliphatic rings.